The molecule has 124 valence electrons. The van der Waals surface area contributed by atoms with Crippen LogP contribution in [0.15, 0.2) is 29.0 Å². The van der Waals surface area contributed by atoms with Crippen LogP contribution < -0.4 is 16.0 Å². The number of urea groups is 1. The van der Waals surface area contributed by atoms with Crippen molar-refractivity contribution in [2.24, 2.45) is 7.05 Å². The van der Waals surface area contributed by atoms with E-state index in [1.54, 1.807) is 25.4 Å². The summed E-state index contributed by atoms with van der Waals surface area (Å²) in [6.45, 7) is 2.88. The highest BCUT2D eigenvalue weighted by Crippen LogP contribution is 2.13. The number of carbonyl (C=O) groups is 2. The summed E-state index contributed by atoms with van der Waals surface area (Å²) in [5.41, 5.74) is 0.517. The van der Waals surface area contributed by atoms with Gasteiger partial charge in [-0.05, 0) is 18.6 Å². The molecule has 0 aromatic carbocycles. The Kier molecular flexibility index (Phi) is 5.79. The second kappa shape index (κ2) is 8.02. The van der Waals surface area contributed by atoms with Crippen LogP contribution in [0.25, 0.3) is 0 Å². The van der Waals surface area contributed by atoms with Crippen LogP contribution in [0.1, 0.15) is 36.0 Å². The number of carbonyl (C=O) groups excluding carboxylic acids is 2. The number of nitrogens with zero attached hydrogens (tertiary/aromatic N) is 2. The third-order valence-electron chi connectivity index (χ3n) is 3.11. The number of anilines is 1. The number of amides is 3. The maximum Gasteiger partial charge on any atom is 0.319 e. The van der Waals surface area contributed by atoms with E-state index in [1.807, 2.05) is 6.92 Å². The Bertz CT molecular complexity index is 648. The third kappa shape index (κ3) is 4.87. The van der Waals surface area contributed by atoms with Crippen LogP contribution in [0.4, 0.5) is 10.5 Å². The van der Waals surface area contributed by atoms with Crippen molar-refractivity contribution in [1.29, 1.82) is 0 Å². The van der Waals surface area contributed by atoms with Gasteiger partial charge in [-0.1, -0.05) is 13.3 Å². The van der Waals surface area contributed by atoms with Crippen LogP contribution in [0.3, 0.4) is 0 Å². The average Bonchev–Trinajstić information content (AvgIpc) is 3.15. The first-order valence-electron chi connectivity index (χ1n) is 7.49. The van der Waals surface area contributed by atoms with Crippen LogP contribution in [0.5, 0.6) is 0 Å². The Hall–Kier alpha value is -2.77. The molecule has 23 heavy (non-hydrogen) atoms. The first-order chi connectivity index (χ1) is 11.1. The first-order valence-corrected chi connectivity index (χ1v) is 7.49. The summed E-state index contributed by atoms with van der Waals surface area (Å²) < 4.78 is 6.63. The molecule has 0 aliphatic heterocycles. The molecule has 0 unspecified atom stereocenters. The summed E-state index contributed by atoms with van der Waals surface area (Å²) in [7, 11) is 1.68. The zero-order chi connectivity index (χ0) is 16.7. The van der Waals surface area contributed by atoms with Crippen molar-refractivity contribution >= 4 is 17.6 Å². The number of hydrogen-bond acceptors (Lipinski definition) is 4. The zero-order valence-corrected chi connectivity index (χ0v) is 13.3. The Morgan fingerprint density at radius 1 is 1.35 bits per heavy atom. The molecule has 0 radical (unpaired) electrons. The molecule has 0 spiro atoms. The SMILES string of the molecule is CCCCNC(=O)Nc1cn(C)nc1C(=O)NCc1ccco1. The molecular formula is C15H21N5O3. The predicted octanol–water partition coefficient (Wildman–Crippen LogP) is 1.86. The molecule has 3 N–H and O–H groups in total. The van der Waals surface area contributed by atoms with Gasteiger partial charge in [0.25, 0.3) is 5.91 Å². The average molecular weight is 319 g/mol. The number of aromatic nitrogens is 2. The second-order valence-corrected chi connectivity index (χ2v) is 5.06. The van der Waals surface area contributed by atoms with Gasteiger partial charge < -0.3 is 20.4 Å². The fraction of sp³-hybridized carbons (Fsp3) is 0.400. The number of rotatable bonds is 7. The first kappa shape index (κ1) is 16.6. The van der Waals surface area contributed by atoms with Crippen molar-refractivity contribution in [3.8, 4) is 0 Å². The Labute approximate surface area is 134 Å². The van der Waals surface area contributed by atoms with E-state index in [-0.39, 0.29) is 24.2 Å². The number of unbranched alkanes of at least 4 members (excludes halogenated alkanes) is 1. The quantitative estimate of drug-likeness (QED) is 0.678. The smallest absolute Gasteiger partial charge is 0.319 e. The van der Waals surface area contributed by atoms with Gasteiger partial charge in [-0.15, -0.1) is 0 Å². The highest BCUT2D eigenvalue weighted by atomic mass is 16.3. The van der Waals surface area contributed by atoms with E-state index in [2.05, 4.69) is 21.0 Å². The Morgan fingerprint density at radius 2 is 2.17 bits per heavy atom. The van der Waals surface area contributed by atoms with Crippen molar-refractivity contribution < 1.29 is 14.0 Å². The maximum atomic E-state index is 12.2. The van der Waals surface area contributed by atoms with Gasteiger partial charge in [-0.3, -0.25) is 9.48 Å². The van der Waals surface area contributed by atoms with Crippen molar-refractivity contribution in [3.63, 3.8) is 0 Å². The molecule has 0 saturated heterocycles. The lowest BCUT2D eigenvalue weighted by molar-refractivity contribution is 0.0943. The standard InChI is InChI=1S/C15H21N5O3/c1-3-4-7-16-15(22)18-12-10-20(2)19-13(12)14(21)17-9-11-6-5-8-23-11/h5-6,8,10H,3-4,7,9H2,1-2H3,(H,17,21)(H2,16,18,22). The van der Waals surface area contributed by atoms with E-state index in [0.29, 0.717) is 18.0 Å². The van der Waals surface area contributed by atoms with Gasteiger partial charge in [0.05, 0.1) is 18.5 Å². The van der Waals surface area contributed by atoms with Crippen molar-refractivity contribution in [2.45, 2.75) is 26.3 Å². The van der Waals surface area contributed by atoms with Crippen LogP contribution >= 0.6 is 0 Å². The summed E-state index contributed by atoms with van der Waals surface area (Å²) in [4.78, 5) is 24.0. The maximum absolute atomic E-state index is 12.2. The fourth-order valence-electron chi connectivity index (χ4n) is 1.96. The van der Waals surface area contributed by atoms with Gasteiger partial charge in [0.15, 0.2) is 5.69 Å². The van der Waals surface area contributed by atoms with Gasteiger partial charge in [-0.25, -0.2) is 4.79 Å². The Balaban J connectivity index is 1.95. The predicted molar refractivity (Wildman–Crippen MR) is 85.0 cm³/mol. The fourth-order valence-corrected chi connectivity index (χ4v) is 1.96. The molecule has 2 aromatic rings. The molecule has 8 heteroatoms. The largest absolute Gasteiger partial charge is 0.467 e. The molecule has 0 saturated carbocycles. The second-order valence-electron chi connectivity index (χ2n) is 5.06. The van der Waals surface area contributed by atoms with Crippen LogP contribution in [-0.2, 0) is 13.6 Å². The topological polar surface area (TPSA) is 101 Å². The number of nitrogens with one attached hydrogen (secondary N) is 3. The molecule has 2 aromatic heterocycles. The van der Waals surface area contributed by atoms with Crippen molar-refractivity contribution in [1.82, 2.24) is 20.4 Å². The third-order valence-corrected chi connectivity index (χ3v) is 3.11. The van der Waals surface area contributed by atoms with Crippen LogP contribution in [0.2, 0.25) is 0 Å². The molecule has 0 fully saturated rings. The molecule has 0 aliphatic carbocycles. The van der Waals surface area contributed by atoms with Crippen molar-refractivity contribution in [3.05, 3.63) is 36.0 Å². The van der Waals surface area contributed by atoms with Crippen molar-refractivity contribution in [2.75, 3.05) is 11.9 Å². The summed E-state index contributed by atoms with van der Waals surface area (Å²) in [6, 6.07) is 3.15. The Morgan fingerprint density at radius 3 is 2.87 bits per heavy atom. The number of aryl methyl sites for hydroxylation is 1. The highest BCUT2D eigenvalue weighted by Gasteiger charge is 2.18. The summed E-state index contributed by atoms with van der Waals surface area (Å²) >= 11 is 0. The van der Waals surface area contributed by atoms with E-state index in [4.69, 9.17) is 4.42 Å². The van der Waals surface area contributed by atoms with Crippen LogP contribution in [0, 0.1) is 0 Å². The monoisotopic (exact) mass is 319 g/mol. The minimum atomic E-state index is -0.383. The number of furan rings is 1. The lowest BCUT2D eigenvalue weighted by Gasteiger charge is -2.07. The normalized spacial score (nSPS) is 10.3. The summed E-state index contributed by atoms with van der Waals surface area (Å²) in [5.74, 6) is 0.256. The molecule has 0 aliphatic rings. The van der Waals surface area contributed by atoms with E-state index in [1.165, 1.54) is 10.9 Å². The highest BCUT2D eigenvalue weighted by molar-refractivity contribution is 6.01. The van der Waals surface area contributed by atoms with E-state index in [0.717, 1.165) is 12.8 Å². The molecule has 8 nitrogen and oxygen atoms in total. The van der Waals surface area contributed by atoms with Crippen LogP contribution in [-0.4, -0.2) is 28.3 Å². The van der Waals surface area contributed by atoms with Gasteiger partial charge in [-0.2, -0.15) is 5.10 Å². The molecule has 0 bridgehead atoms. The minimum absolute atomic E-state index is 0.157. The molecule has 2 heterocycles. The zero-order valence-electron chi connectivity index (χ0n) is 13.3. The molecule has 3 amide bonds. The van der Waals surface area contributed by atoms with Gasteiger partial charge in [0.2, 0.25) is 0 Å². The molecule has 0 atom stereocenters. The van der Waals surface area contributed by atoms with E-state index < -0.39 is 0 Å². The van der Waals surface area contributed by atoms with Gasteiger partial charge in [0.1, 0.15) is 5.76 Å². The summed E-state index contributed by atoms with van der Waals surface area (Å²) in [6.07, 6.45) is 5.02. The van der Waals surface area contributed by atoms with E-state index >= 15 is 0 Å². The lowest BCUT2D eigenvalue weighted by Crippen LogP contribution is -2.31. The molecule has 2 rings (SSSR count). The van der Waals surface area contributed by atoms with Gasteiger partial charge >= 0.3 is 6.03 Å². The number of hydrogen-bond donors (Lipinski definition) is 3. The lowest BCUT2D eigenvalue weighted by atomic mass is 10.3. The molecular weight excluding hydrogens is 298 g/mol. The summed E-state index contributed by atoms with van der Waals surface area (Å²) in [5, 5.41) is 12.2. The minimum Gasteiger partial charge on any atom is -0.467 e. The van der Waals surface area contributed by atoms with Gasteiger partial charge in [0, 0.05) is 19.8 Å². The van der Waals surface area contributed by atoms with E-state index in [9.17, 15) is 9.59 Å².